The summed E-state index contributed by atoms with van der Waals surface area (Å²) in [4.78, 5) is 32.7. The number of nitrogens with one attached hydrogen (secondary N) is 1. The zero-order chi connectivity index (χ0) is 27.6. The van der Waals surface area contributed by atoms with Crippen LogP contribution in [0, 0.1) is 0 Å². The average molecular weight is 553 g/mol. The Morgan fingerprint density at radius 1 is 1.20 bits per heavy atom. The Bertz CT molecular complexity index is 1690. The standard InChI is InChI=1S/C30H32N8OS/c1-20(2)36(3)13-6-8-27(39)37-14-11-24-26(18-37)40-30-28(24)29(32-19-33-30)35-22-9-10-25-21(15-22)16-34-38(25)17-23-7-4-5-12-31-23/h4-10,12,15-16,19-20H,11,13-14,17-18H2,1-3H3,(H,32,33,35)/b8-6+. The summed E-state index contributed by atoms with van der Waals surface area (Å²) in [6.07, 6.45) is 9.73. The minimum atomic E-state index is 0.0570. The first-order chi connectivity index (χ1) is 19.5. The first-order valence-electron chi connectivity index (χ1n) is 13.5. The number of hydrogen-bond donors (Lipinski definition) is 1. The highest BCUT2D eigenvalue weighted by Gasteiger charge is 2.25. The maximum absolute atomic E-state index is 12.9. The number of rotatable bonds is 8. The zero-order valence-electron chi connectivity index (χ0n) is 22.9. The maximum Gasteiger partial charge on any atom is 0.246 e. The molecule has 0 saturated heterocycles. The summed E-state index contributed by atoms with van der Waals surface area (Å²) < 4.78 is 1.96. The van der Waals surface area contributed by atoms with Crippen LogP contribution in [0.4, 0.5) is 11.5 Å². The van der Waals surface area contributed by atoms with Gasteiger partial charge in [0.15, 0.2) is 0 Å². The Morgan fingerprint density at radius 2 is 2.10 bits per heavy atom. The molecule has 5 aromatic rings. The average Bonchev–Trinajstić information content (AvgIpc) is 3.54. The normalized spacial score (nSPS) is 13.7. The van der Waals surface area contributed by atoms with Crippen molar-refractivity contribution in [1.82, 2.24) is 34.5 Å². The van der Waals surface area contributed by atoms with Crippen molar-refractivity contribution in [1.29, 1.82) is 0 Å². The third kappa shape index (κ3) is 5.32. The van der Waals surface area contributed by atoms with E-state index in [0.29, 0.717) is 25.7 Å². The Hall–Kier alpha value is -4.15. The minimum Gasteiger partial charge on any atom is -0.340 e. The van der Waals surface area contributed by atoms with Gasteiger partial charge in [0.05, 0.1) is 35.9 Å². The van der Waals surface area contributed by atoms with Gasteiger partial charge in [-0.05, 0) is 63.2 Å². The van der Waals surface area contributed by atoms with Crippen LogP contribution >= 0.6 is 11.3 Å². The molecule has 6 rings (SSSR count). The molecule has 204 valence electrons. The number of hydrogen-bond acceptors (Lipinski definition) is 8. The van der Waals surface area contributed by atoms with Crippen LogP contribution in [0.15, 0.2) is 67.3 Å². The molecule has 0 unspecified atom stereocenters. The van der Waals surface area contributed by atoms with E-state index in [0.717, 1.165) is 51.3 Å². The largest absolute Gasteiger partial charge is 0.340 e. The van der Waals surface area contributed by atoms with Crippen LogP contribution < -0.4 is 5.32 Å². The van der Waals surface area contributed by atoms with Crippen molar-refractivity contribution in [3.05, 3.63) is 83.4 Å². The number of nitrogens with zero attached hydrogens (tertiary/aromatic N) is 7. The molecular weight excluding hydrogens is 520 g/mol. The van der Waals surface area contributed by atoms with E-state index < -0.39 is 0 Å². The van der Waals surface area contributed by atoms with E-state index in [2.05, 4.69) is 69.4 Å². The summed E-state index contributed by atoms with van der Waals surface area (Å²) in [5, 5.41) is 10.2. The van der Waals surface area contributed by atoms with E-state index in [1.54, 1.807) is 29.9 Å². The van der Waals surface area contributed by atoms with Crippen LogP contribution in [-0.2, 0) is 24.3 Å². The fourth-order valence-corrected chi connectivity index (χ4v) is 6.12. The molecular formula is C30H32N8OS. The zero-order valence-corrected chi connectivity index (χ0v) is 23.7. The van der Waals surface area contributed by atoms with Crippen molar-refractivity contribution in [2.24, 2.45) is 0 Å². The summed E-state index contributed by atoms with van der Waals surface area (Å²) in [5.74, 6) is 0.848. The molecule has 1 aliphatic rings. The number of likely N-dealkylation sites (N-methyl/N-ethyl adjacent to an activating group) is 1. The number of benzene rings is 1. The highest BCUT2D eigenvalue weighted by atomic mass is 32.1. The van der Waals surface area contributed by atoms with E-state index in [4.69, 9.17) is 0 Å². The number of aromatic nitrogens is 5. The highest BCUT2D eigenvalue weighted by molar-refractivity contribution is 7.19. The van der Waals surface area contributed by atoms with Gasteiger partial charge in [-0.1, -0.05) is 12.1 Å². The van der Waals surface area contributed by atoms with E-state index >= 15 is 0 Å². The van der Waals surface area contributed by atoms with Gasteiger partial charge in [-0.15, -0.1) is 11.3 Å². The maximum atomic E-state index is 12.9. The van der Waals surface area contributed by atoms with Gasteiger partial charge in [0.2, 0.25) is 5.91 Å². The molecule has 1 amide bonds. The van der Waals surface area contributed by atoms with Gasteiger partial charge in [0.25, 0.3) is 0 Å². The Balaban J connectivity index is 1.20. The molecule has 0 radical (unpaired) electrons. The number of fused-ring (bicyclic) bond motifs is 4. The lowest BCUT2D eigenvalue weighted by atomic mass is 10.0. The molecule has 0 bridgehead atoms. The predicted molar refractivity (Wildman–Crippen MR) is 160 cm³/mol. The van der Waals surface area contributed by atoms with Crippen LogP contribution in [-0.4, -0.2) is 66.6 Å². The van der Waals surface area contributed by atoms with Gasteiger partial charge in [-0.3, -0.25) is 14.5 Å². The monoisotopic (exact) mass is 552 g/mol. The van der Waals surface area contributed by atoms with Gasteiger partial charge >= 0.3 is 0 Å². The van der Waals surface area contributed by atoms with Crippen molar-refractivity contribution in [3.8, 4) is 0 Å². The molecule has 0 fully saturated rings. The first kappa shape index (κ1) is 26.1. The predicted octanol–water partition coefficient (Wildman–Crippen LogP) is 5.01. The van der Waals surface area contributed by atoms with E-state index in [9.17, 15) is 4.79 Å². The minimum absolute atomic E-state index is 0.0570. The summed E-state index contributed by atoms with van der Waals surface area (Å²) in [7, 11) is 2.06. The molecule has 0 saturated carbocycles. The van der Waals surface area contributed by atoms with Gasteiger partial charge in [0.1, 0.15) is 17.0 Å². The summed E-state index contributed by atoms with van der Waals surface area (Å²) in [5.41, 5.74) is 4.19. The second-order valence-corrected chi connectivity index (χ2v) is 11.5. The molecule has 0 aliphatic carbocycles. The van der Waals surface area contributed by atoms with Crippen LogP contribution in [0.5, 0.6) is 0 Å². The SMILES string of the molecule is CC(C)N(C)C/C=C/C(=O)N1CCc2c(sc3ncnc(Nc4ccc5c(cnn5Cc5ccccn5)c4)c23)C1. The van der Waals surface area contributed by atoms with Crippen molar-refractivity contribution >= 4 is 49.9 Å². The Kier molecular flexibility index (Phi) is 7.27. The quantitative estimate of drug-likeness (QED) is 0.271. The second-order valence-electron chi connectivity index (χ2n) is 10.4. The third-order valence-electron chi connectivity index (χ3n) is 7.43. The summed E-state index contributed by atoms with van der Waals surface area (Å²) in [6, 6.07) is 12.6. The topological polar surface area (TPSA) is 92.1 Å². The van der Waals surface area contributed by atoms with Crippen LogP contribution in [0.3, 0.4) is 0 Å². The molecule has 1 N–H and O–H groups in total. The van der Waals surface area contributed by atoms with Crippen molar-refractivity contribution in [3.63, 3.8) is 0 Å². The van der Waals surface area contributed by atoms with Gasteiger partial charge < -0.3 is 15.1 Å². The van der Waals surface area contributed by atoms with Crippen molar-refractivity contribution in [2.75, 3.05) is 25.5 Å². The molecule has 5 heterocycles. The molecule has 10 heteroatoms. The van der Waals surface area contributed by atoms with Gasteiger partial charge in [-0.25, -0.2) is 9.97 Å². The Morgan fingerprint density at radius 3 is 2.92 bits per heavy atom. The van der Waals surface area contributed by atoms with E-state index in [-0.39, 0.29) is 5.91 Å². The summed E-state index contributed by atoms with van der Waals surface area (Å²) >= 11 is 1.65. The molecule has 0 spiro atoms. The number of carbonyl (C=O) groups is 1. The number of anilines is 2. The lowest BCUT2D eigenvalue weighted by Gasteiger charge is -2.26. The first-order valence-corrected chi connectivity index (χ1v) is 14.3. The van der Waals surface area contributed by atoms with Crippen LogP contribution in [0.25, 0.3) is 21.1 Å². The van der Waals surface area contributed by atoms with E-state index in [1.807, 2.05) is 40.1 Å². The van der Waals surface area contributed by atoms with Crippen LogP contribution in [0.1, 0.15) is 30.0 Å². The molecule has 1 aliphatic heterocycles. The van der Waals surface area contributed by atoms with Crippen molar-refractivity contribution in [2.45, 2.75) is 39.4 Å². The second kappa shape index (κ2) is 11.1. The van der Waals surface area contributed by atoms with E-state index in [1.165, 1.54) is 10.4 Å². The fraction of sp³-hybridized carbons (Fsp3) is 0.300. The molecule has 40 heavy (non-hydrogen) atoms. The highest BCUT2D eigenvalue weighted by Crippen LogP contribution is 2.38. The van der Waals surface area contributed by atoms with Gasteiger partial charge in [0, 0.05) is 47.4 Å². The number of thiophene rings is 1. The smallest absolute Gasteiger partial charge is 0.246 e. The lowest BCUT2D eigenvalue weighted by molar-refractivity contribution is -0.126. The number of carbonyl (C=O) groups excluding carboxylic acids is 1. The van der Waals surface area contributed by atoms with Crippen molar-refractivity contribution < 1.29 is 4.79 Å². The third-order valence-corrected chi connectivity index (χ3v) is 8.55. The molecule has 9 nitrogen and oxygen atoms in total. The summed E-state index contributed by atoms with van der Waals surface area (Å²) in [6.45, 7) is 6.94. The van der Waals surface area contributed by atoms with Gasteiger partial charge in [-0.2, -0.15) is 5.10 Å². The number of pyridine rings is 1. The fourth-order valence-electron chi connectivity index (χ4n) is 4.92. The van der Waals surface area contributed by atoms with Crippen LogP contribution in [0.2, 0.25) is 0 Å². The number of amides is 1. The molecule has 0 atom stereocenters. The molecule has 1 aromatic carbocycles. The lowest BCUT2D eigenvalue weighted by Crippen LogP contribution is -2.34. The Labute approximate surface area is 237 Å². The molecule has 4 aromatic heterocycles.